The zero-order valence-corrected chi connectivity index (χ0v) is 30.0. The zero-order valence-electron chi connectivity index (χ0n) is 30.0. The Kier molecular flexibility index (Phi) is 14.2. The van der Waals surface area contributed by atoms with Gasteiger partial charge in [-0.15, -0.1) is 0 Å². The molecule has 0 saturated carbocycles. The van der Waals surface area contributed by atoms with Gasteiger partial charge in [-0.05, 0) is 65.3 Å². The number of Topliss-reactive ketones (excluding diaryl/α,β-unsaturated/α-hetero) is 1. The number of halogens is 4. The summed E-state index contributed by atoms with van der Waals surface area (Å²) < 4.78 is 57.2. The molecule has 276 valence electrons. The number of phenolic OH excluding ortho intramolecular Hbond substituents is 1. The van der Waals surface area contributed by atoms with Crippen molar-refractivity contribution in [1.82, 2.24) is 0 Å². The Hall–Kier alpha value is -7.04. The van der Waals surface area contributed by atoms with Crippen LogP contribution in [0.3, 0.4) is 0 Å². The molecule has 0 fully saturated rings. The highest BCUT2D eigenvalue weighted by Crippen LogP contribution is 2.24. The maximum Gasteiger partial charge on any atom is 0.343 e. The highest BCUT2D eigenvalue weighted by molar-refractivity contribution is 5.94. The molecule has 0 unspecified atom stereocenters. The summed E-state index contributed by atoms with van der Waals surface area (Å²) in [6, 6.07) is 36.9. The van der Waals surface area contributed by atoms with Gasteiger partial charge in [-0.25, -0.2) is 22.4 Å². The number of esters is 1. The van der Waals surface area contributed by atoms with Crippen LogP contribution < -0.4 is 4.74 Å². The number of hydrogen-bond acceptors (Lipinski definition) is 6. The van der Waals surface area contributed by atoms with Gasteiger partial charge in [-0.3, -0.25) is 4.79 Å². The van der Waals surface area contributed by atoms with Gasteiger partial charge < -0.3 is 9.84 Å². The first-order valence-corrected chi connectivity index (χ1v) is 17.0. The molecule has 10 heteroatoms. The van der Waals surface area contributed by atoms with Crippen LogP contribution in [0.5, 0.6) is 11.5 Å². The second-order valence-corrected chi connectivity index (χ2v) is 12.0. The second-order valence-electron chi connectivity index (χ2n) is 12.0. The fourth-order valence-electron chi connectivity index (χ4n) is 5.11. The number of ketones is 1. The zero-order chi connectivity index (χ0) is 40.1. The molecule has 0 atom stereocenters. The highest BCUT2D eigenvalue weighted by Gasteiger charge is 2.15. The Morgan fingerprint density at radius 3 is 1.22 bits per heavy atom. The van der Waals surface area contributed by atoms with Gasteiger partial charge in [0.15, 0.2) is 5.78 Å². The first-order chi connectivity index (χ1) is 26.4. The third kappa shape index (κ3) is 11.0. The predicted octanol–water partition coefficient (Wildman–Crippen LogP) is 10.9. The fraction of sp³-hybridized carbons (Fsp3) is 0.111. The number of carbonyl (C=O) groups is 2. The number of ether oxygens (including phenoxy) is 1. The number of rotatable bonds is 7. The third-order valence-corrected chi connectivity index (χ3v) is 8.28. The minimum Gasteiger partial charge on any atom is -0.508 e. The summed E-state index contributed by atoms with van der Waals surface area (Å²) in [7, 11) is 0. The largest absolute Gasteiger partial charge is 0.508 e. The summed E-state index contributed by atoms with van der Waals surface area (Å²) in [6.45, 7) is 5.82. The van der Waals surface area contributed by atoms with Crippen LogP contribution in [0, 0.1) is 45.9 Å². The Labute approximate surface area is 316 Å². The van der Waals surface area contributed by atoms with Gasteiger partial charge in [-0.1, -0.05) is 98.8 Å². The SMILES string of the molecule is CCc1ccc(-c2ccc(C(=O)Oc3cc(F)c(C#N)c(F)c3)cc2)cc1.CCc1ccc(-c2ccc(C(C)=O)cc2)cc1.N#Cc1c(F)cc(O)cc1F. The van der Waals surface area contributed by atoms with Crippen molar-refractivity contribution in [3.63, 3.8) is 0 Å². The van der Waals surface area contributed by atoms with Crippen molar-refractivity contribution in [2.45, 2.75) is 33.6 Å². The quantitative estimate of drug-likeness (QED) is 0.0754. The summed E-state index contributed by atoms with van der Waals surface area (Å²) in [5.74, 6) is -5.72. The molecule has 0 aromatic heterocycles. The molecule has 1 N–H and O–H groups in total. The average molecular weight is 743 g/mol. The lowest BCUT2D eigenvalue weighted by atomic mass is 10.0. The highest BCUT2D eigenvalue weighted by atomic mass is 19.1. The van der Waals surface area contributed by atoms with Gasteiger partial charge in [0.25, 0.3) is 0 Å². The summed E-state index contributed by atoms with van der Waals surface area (Å²) in [6.07, 6.45) is 2.02. The van der Waals surface area contributed by atoms with Crippen molar-refractivity contribution in [1.29, 1.82) is 10.5 Å². The summed E-state index contributed by atoms with van der Waals surface area (Å²) in [5, 5.41) is 25.5. The fourth-order valence-corrected chi connectivity index (χ4v) is 5.11. The molecule has 0 radical (unpaired) electrons. The molecule has 0 saturated heterocycles. The number of nitriles is 2. The lowest BCUT2D eigenvalue weighted by Gasteiger charge is -2.07. The van der Waals surface area contributed by atoms with Crippen LogP contribution in [0.1, 0.15) is 63.7 Å². The Morgan fingerprint density at radius 2 is 0.891 bits per heavy atom. The van der Waals surface area contributed by atoms with E-state index in [-0.39, 0.29) is 17.1 Å². The molecule has 6 aromatic rings. The van der Waals surface area contributed by atoms with E-state index in [1.54, 1.807) is 31.2 Å². The molecule has 0 aliphatic rings. The number of hydrogen-bond donors (Lipinski definition) is 1. The summed E-state index contributed by atoms with van der Waals surface area (Å²) in [4.78, 5) is 23.4. The van der Waals surface area contributed by atoms with Crippen LogP contribution in [0.2, 0.25) is 0 Å². The van der Waals surface area contributed by atoms with Gasteiger partial charge in [-0.2, -0.15) is 10.5 Å². The molecular weight excluding hydrogens is 708 g/mol. The lowest BCUT2D eigenvalue weighted by Crippen LogP contribution is -2.09. The van der Waals surface area contributed by atoms with Gasteiger partial charge in [0.2, 0.25) is 0 Å². The standard InChI is InChI=1S/C22H15F2NO2.C16H16O.C7H3F2NO/c1-2-14-3-5-15(6-4-14)16-7-9-17(10-8-16)22(26)27-18-11-20(23)19(13-25)21(24)12-18;1-3-13-4-6-15(7-5-13)16-10-8-14(9-11-16)12(2)17;8-6-1-4(11)2-7(9)5(6)3-10/h3-12H,2H2,1H3;4-11H,3H2,1-2H3;1-2,11H. The minimum atomic E-state index is -1.08. The summed E-state index contributed by atoms with van der Waals surface area (Å²) in [5.41, 5.74) is 6.49. The van der Waals surface area contributed by atoms with E-state index in [4.69, 9.17) is 20.4 Å². The van der Waals surface area contributed by atoms with E-state index in [2.05, 4.69) is 38.1 Å². The van der Waals surface area contributed by atoms with E-state index < -0.39 is 46.1 Å². The molecule has 0 spiro atoms. The average Bonchev–Trinajstić information content (AvgIpc) is 3.18. The molecule has 0 heterocycles. The minimum absolute atomic E-state index is 0.109. The molecule has 6 aromatic carbocycles. The van der Waals surface area contributed by atoms with E-state index in [0.29, 0.717) is 12.1 Å². The van der Waals surface area contributed by atoms with E-state index in [1.807, 2.05) is 48.5 Å². The van der Waals surface area contributed by atoms with Crippen LogP contribution in [-0.4, -0.2) is 16.9 Å². The van der Waals surface area contributed by atoms with Crippen molar-refractivity contribution in [2.24, 2.45) is 0 Å². The van der Waals surface area contributed by atoms with E-state index in [9.17, 15) is 27.2 Å². The number of nitrogens with zero attached hydrogens (tertiary/aromatic N) is 2. The van der Waals surface area contributed by atoms with Crippen molar-refractivity contribution in [3.8, 4) is 45.9 Å². The topological polar surface area (TPSA) is 111 Å². The normalized spacial score (nSPS) is 10.1. The molecule has 55 heavy (non-hydrogen) atoms. The van der Waals surface area contributed by atoms with Crippen molar-refractivity contribution < 1.29 is 37.0 Å². The molecule has 0 aliphatic heterocycles. The van der Waals surface area contributed by atoms with Crippen LogP contribution in [0.4, 0.5) is 17.6 Å². The molecule has 6 nitrogen and oxygen atoms in total. The van der Waals surface area contributed by atoms with Crippen LogP contribution in [0.15, 0.2) is 121 Å². The molecular formula is C45H34F4N2O4. The van der Waals surface area contributed by atoms with Gasteiger partial charge in [0.05, 0.1) is 5.56 Å². The van der Waals surface area contributed by atoms with E-state index in [1.165, 1.54) is 28.8 Å². The Balaban J connectivity index is 0.000000204. The molecule has 0 amide bonds. The van der Waals surface area contributed by atoms with Gasteiger partial charge in [0.1, 0.15) is 58.0 Å². The molecule has 0 aliphatic carbocycles. The number of benzene rings is 6. The number of aromatic hydroxyl groups is 1. The maximum atomic E-state index is 13.6. The molecule has 0 bridgehead atoms. The van der Waals surface area contributed by atoms with E-state index in [0.717, 1.165) is 47.2 Å². The lowest BCUT2D eigenvalue weighted by molar-refractivity contribution is 0.0733. The first kappa shape index (κ1) is 40.7. The van der Waals surface area contributed by atoms with Crippen molar-refractivity contribution in [2.75, 3.05) is 0 Å². The third-order valence-electron chi connectivity index (χ3n) is 8.28. The molecule has 6 rings (SSSR count). The van der Waals surface area contributed by atoms with Gasteiger partial charge >= 0.3 is 5.97 Å². The van der Waals surface area contributed by atoms with Crippen molar-refractivity contribution in [3.05, 3.63) is 178 Å². The smallest absolute Gasteiger partial charge is 0.343 e. The summed E-state index contributed by atoms with van der Waals surface area (Å²) >= 11 is 0. The van der Waals surface area contributed by atoms with Gasteiger partial charge in [0, 0.05) is 29.8 Å². The monoisotopic (exact) mass is 742 g/mol. The van der Waals surface area contributed by atoms with Crippen molar-refractivity contribution >= 4 is 11.8 Å². The maximum absolute atomic E-state index is 13.6. The second kappa shape index (κ2) is 19.2. The van der Waals surface area contributed by atoms with E-state index >= 15 is 0 Å². The van der Waals surface area contributed by atoms with Crippen LogP contribution in [0.25, 0.3) is 22.3 Å². The Morgan fingerprint density at radius 1 is 0.564 bits per heavy atom. The number of aryl methyl sites for hydroxylation is 2. The van der Waals surface area contributed by atoms with Crippen LogP contribution in [-0.2, 0) is 12.8 Å². The number of carbonyl (C=O) groups excluding carboxylic acids is 2. The predicted molar refractivity (Wildman–Crippen MR) is 201 cm³/mol. The Bertz CT molecular complexity index is 2320. The first-order valence-electron chi connectivity index (χ1n) is 17.0. The van der Waals surface area contributed by atoms with Crippen LogP contribution >= 0.6 is 0 Å². The number of phenols is 1.